The van der Waals surface area contributed by atoms with Crippen LogP contribution in [-0.2, 0) is 25.8 Å². The Morgan fingerprint density at radius 3 is 2.32 bits per heavy atom. The summed E-state index contributed by atoms with van der Waals surface area (Å²) < 4.78 is 58.0. The van der Waals surface area contributed by atoms with Crippen LogP contribution in [0.25, 0.3) is 0 Å². The zero-order valence-electron chi connectivity index (χ0n) is 13.3. The molecule has 0 aromatic carbocycles. The average molecular weight is 426 g/mol. The van der Waals surface area contributed by atoms with E-state index < -0.39 is 20.0 Å². The highest BCUT2D eigenvalue weighted by molar-refractivity contribution is 7.91. The number of hydrogen-bond acceptors (Lipinski definition) is 7. The maximum Gasteiger partial charge on any atom is 0.252 e. The summed E-state index contributed by atoms with van der Waals surface area (Å²) in [6.07, 6.45) is 0. The van der Waals surface area contributed by atoms with Crippen LogP contribution in [-0.4, -0.2) is 56.8 Å². The summed E-state index contributed by atoms with van der Waals surface area (Å²) in [5.74, 6) is -0.0259. The molecule has 25 heavy (non-hydrogen) atoms. The van der Waals surface area contributed by atoms with Crippen molar-refractivity contribution in [1.29, 1.82) is 0 Å². The fourth-order valence-corrected chi connectivity index (χ4v) is 6.96. The lowest BCUT2D eigenvalue weighted by Gasteiger charge is -2.32. The van der Waals surface area contributed by atoms with Crippen LogP contribution in [0.2, 0.25) is 4.34 Å². The van der Waals surface area contributed by atoms with E-state index in [9.17, 15) is 16.8 Å². The predicted molar refractivity (Wildman–Crippen MR) is 93.5 cm³/mol. The van der Waals surface area contributed by atoms with E-state index in [-0.39, 0.29) is 41.9 Å². The lowest BCUT2D eigenvalue weighted by Crippen LogP contribution is -2.50. The van der Waals surface area contributed by atoms with Gasteiger partial charge in [-0.2, -0.15) is 8.61 Å². The van der Waals surface area contributed by atoms with E-state index in [1.165, 1.54) is 20.7 Å². The van der Waals surface area contributed by atoms with Gasteiger partial charge in [-0.25, -0.2) is 16.8 Å². The van der Waals surface area contributed by atoms with Gasteiger partial charge in [-0.3, -0.25) is 0 Å². The minimum absolute atomic E-state index is 0.0898. The molecule has 12 heteroatoms. The molecule has 0 atom stereocenters. The van der Waals surface area contributed by atoms with Crippen molar-refractivity contribution >= 4 is 43.0 Å². The second-order valence-electron chi connectivity index (χ2n) is 5.55. The molecule has 1 saturated heterocycles. The first kappa shape index (κ1) is 18.8. The van der Waals surface area contributed by atoms with E-state index in [1.807, 2.05) is 0 Å². The van der Waals surface area contributed by atoms with Gasteiger partial charge in [-0.1, -0.05) is 16.8 Å². The molecule has 0 saturated carbocycles. The molecule has 0 unspecified atom stereocenters. The van der Waals surface area contributed by atoms with Crippen molar-refractivity contribution in [2.45, 2.75) is 16.9 Å². The van der Waals surface area contributed by atoms with Crippen LogP contribution in [0, 0.1) is 6.92 Å². The van der Waals surface area contributed by atoms with Gasteiger partial charge in [0, 0.05) is 32.2 Å². The van der Waals surface area contributed by atoms with Crippen LogP contribution < -0.4 is 0 Å². The molecule has 3 heterocycles. The first-order valence-electron chi connectivity index (χ1n) is 7.34. The van der Waals surface area contributed by atoms with Gasteiger partial charge in [0.15, 0.2) is 5.76 Å². The highest BCUT2D eigenvalue weighted by Crippen LogP contribution is 2.29. The molecular formula is C13H16ClN3O5S3. The van der Waals surface area contributed by atoms with Gasteiger partial charge < -0.3 is 4.52 Å². The van der Waals surface area contributed by atoms with Crippen molar-refractivity contribution < 1.29 is 21.4 Å². The number of nitrogens with zero attached hydrogens (tertiary/aromatic N) is 3. The Balaban J connectivity index is 1.67. The third-order valence-corrected chi connectivity index (χ3v) is 9.13. The van der Waals surface area contributed by atoms with Crippen LogP contribution in [0.3, 0.4) is 0 Å². The topological polar surface area (TPSA) is 101 Å². The molecule has 0 aliphatic carbocycles. The molecule has 3 rings (SSSR count). The smallest absolute Gasteiger partial charge is 0.252 e. The Morgan fingerprint density at radius 2 is 1.80 bits per heavy atom. The SMILES string of the molecule is Cc1cc(CS(=O)(=O)N2CCN(S(=O)(=O)c3ccc(Cl)s3)CC2)on1. The first-order chi connectivity index (χ1) is 11.7. The van der Waals surface area contributed by atoms with Crippen LogP contribution in [0.5, 0.6) is 0 Å². The molecule has 1 aliphatic heterocycles. The van der Waals surface area contributed by atoms with Crippen molar-refractivity contribution in [2.24, 2.45) is 0 Å². The lowest BCUT2D eigenvalue weighted by atomic mass is 10.4. The molecule has 2 aromatic heterocycles. The van der Waals surface area contributed by atoms with Gasteiger partial charge in [0.1, 0.15) is 9.96 Å². The van der Waals surface area contributed by atoms with Crippen LogP contribution in [0.1, 0.15) is 11.5 Å². The maximum atomic E-state index is 12.5. The lowest BCUT2D eigenvalue weighted by molar-refractivity contribution is 0.272. The number of piperazine rings is 1. The Labute approximate surface area is 155 Å². The van der Waals surface area contributed by atoms with Crippen LogP contribution >= 0.6 is 22.9 Å². The van der Waals surface area contributed by atoms with Gasteiger partial charge in [0.25, 0.3) is 10.0 Å². The zero-order valence-corrected chi connectivity index (χ0v) is 16.5. The molecule has 0 N–H and O–H groups in total. The van der Waals surface area contributed by atoms with E-state index in [2.05, 4.69) is 5.16 Å². The number of hydrogen-bond donors (Lipinski definition) is 0. The van der Waals surface area contributed by atoms with E-state index in [0.717, 1.165) is 11.3 Å². The standard InChI is InChI=1S/C13H16ClN3O5S3/c1-10-8-11(22-15-10)9-24(18,19)16-4-6-17(7-5-16)25(20,21)13-3-2-12(14)23-13/h2-3,8H,4-7,9H2,1H3. The van der Waals surface area contributed by atoms with Gasteiger partial charge in [0.2, 0.25) is 10.0 Å². The zero-order chi connectivity index (χ0) is 18.2. The van der Waals surface area contributed by atoms with Crippen molar-refractivity contribution in [3.63, 3.8) is 0 Å². The molecule has 0 spiro atoms. The molecule has 138 valence electrons. The van der Waals surface area contributed by atoms with Crippen molar-refractivity contribution in [3.05, 3.63) is 34.0 Å². The van der Waals surface area contributed by atoms with Crippen molar-refractivity contribution in [3.8, 4) is 0 Å². The Kier molecular flexibility index (Phi) is 5.24. The largest absolute Gasteiger partial charge is 0.360 e. The highest BCUT2D eigenvalue weighted by Gasteiger charge is 2.34. The summed E-state index contributed by atoms with van der Waals surface area (Å²) in [4.78, 5) is 0. The predicted octanol–water partition coefficient (Wildman–Crippen LogP) is 1.53. The van der Waals surface area contributed by atoms with Crippen LogP contribution in [0.4, 0.5) is 0 Å². The molecule has 1 aliphatic rings. The molecule has 2 aromatic rings. The summed E-state index contributed by atoms with van der Waals surface area (Å²) in [5.41, 5.74) is 0.607. The van der Waals surface area contributed by atoms with E-state index in [1.54, 1.807) is 13.0 Å². The van der Waals surface area contributed by atoms with Crippen molar-refractivity contribution in [2.75, 3.05) is 26.2 Å². The summed E-state index contributed by atoms with van der Waals surface area (Å²) in [7, 11) is -7.24. The van der Waals surface area contributed by atoms with Crippen molar-refractivity contribution in [1.82, 2.24) is 13.8 Å². The van der Waals surface area contributed by atoms with E-state index in [0.29, 0.717) is 10.0 Å². The normalized spacial score (nSPS) is 17.8. The summed E-state index contributed by atoms with van der Waals surface area (Å²) in [6.45, 7) is 2.07. The Bertz CT molecular complexity index is 959. The minimum Gasteiger partial charge on any atom is -0.360 e. The number of thiophene rings is 1. The third kappa shape index (κ3) is 4.07. The summed E-state index contributed by atoms with van der Waals surface area (Å²) in [6, 6.07) is 4.55. The van der Waals surface area contributed by atoms with Gasteiger partial charge in [0.05, 0.1) is 10.0 Å². The number of aromatic nitrogens is 1. The second-order valence-corrected chi connectivity index (χ2v) is 11.4. The fourth-order valence-electron chi connectivity index (χ4n) is 2.51. The Morgan fingerprint density at radius 1 is 1.16 bits per heavy atom. The molecule has 8 nitrogen and oxygen atoms in total. The second kappa shape index (κ2) is 6.97. The number of halogens is 1. The first-order valence-corrected chi connectivity index (χ1v) is 11.6. The molecule has 0 amide bonds. The molecule has 0 bridgehead atoms. The fraction of sp³-hybridized carbons (Fsp3) is 0.462. The number of aryl methyl sites for hydroxylation is 1. The summed E-state index contributed by atoms with van der Waals surface area (Å²) in [5, 5.41) is 3.67. The molecular weight excluding hydrogens is 410 g/mol. The monoisotopic (exact) mass is 425 g/mol. The van der Waals surface area contributed by atoms with Crippen LogP contribution in [0.15, 0.2) is 26.9 Å². The molecule has 0 radical (unpaired) electrons. The van der Waals surface area contributed by atoms with E-state index in [4.69, 9.17) is 16.1 Å². The van der Waals surface area contributed by atoms with Gasteiger partial charge in [-0.15, -0.1) is 11.3 Å². The summed E-state index contributed by atoms with van der Waals surface area (Å²) >= 11 is 6.78. The number of rotatable bonds is 5. The van der Waals surface area contributed by atoms with Gasteiger partial charge in [-0.05, 0) is 19.1 Å². The maximum absolute atomic E-state index is 12.5. The van der Waals surface area contributed by atoms with E-state index >= 15 is 0 Å². The highest BCUT2D eigenvalue weighted by atomic mass is 35.5. The van der Waals surface area contributed by atoms with Gasteiger partial charge >= 0.3 is 0 Å². The quantitative estimate of drug-likeness (QED) is 0.720. The minimum atomic E-state index is -3.65. The Hall–Kier alpha value is -0.980. The molecule has 1 fully saturated rings. The average Bonchev–Trinajstić information content (AvgIpc) is 3.16. The third-order valence-electron chi connectivity index (χ3n) is 3.74. The number of sulfonamides is 2.